The molecule has 110 valence electrons. The lowest BCUT2D eigenvalue weighted by Crippen LogP contribution is -2.32. The Morgan fingerprint density at radius 1 is 1.24 bits per heavy atom. The Labute approximate surface area is 129 Å². The third-order valence-corrected chi connectivity index (χ3v) is 6.49. The molecule has 1 aromatic carbocycles. The zero-order valence-corrected chi connectivity index (χ0v) is 13.0. The molecule has 1 N–H and O–H groups in total. The molecule has 21 heavy (non-hydrogen) atoms. The van der Waals surface area contributed by atoms with Crippen molar-refractivity contribution in [2.75, 3.05) is 0 Å². The Morgan fingerprint density at radius 2 is 2.05 bits per heavy atom. The molecule has 3 fully saturated rings. The van der Waals surface area contributed by atoms with Crippen molar-refractivity contribution in [2.24, 2.45) is 16.8 Å². The van der Waals surface area contributed by atoms with Crippen LogP contribution in [0, 0.1) is 11.8 Å². The number of thioether (sulfide) groups is 1. The van der Waals surface area contributed by atoms with Gasteiger partial charge in [-0.05, 0) is 43.6 Å². The summed E-state index contributed by atoms with van der Waals surface area (Å²) in [7, 11) is 0. The number of hydrogen-bond acceptors (Lipinski definition) is 3. The Hall–Kier alpha value is -1.29. The second-order valence-corrected chi connectivity index (χ2v) is 8.04. The molecular weight excluding hydrogens is 280 g/mol. The Balaban J connectivity index is 1.57. The fourth-order valence-corrected chi connectivity index (χ4v) is 5.12. The number of nitrogens with one attached hydrogen (secondary N) is 1. The summed E-state index contributed by atoms with van der Waals surface area (Å²) >= 11 is 1.58. The second kappa shape index (κ2) is 4.87. The van der Waals surface area contributed by atoms with Gasteiger partial charge in [0.05, 0.1) is 6.04 Å². The number of amides is 1. The highest BCUT2D eigenvalue weighted by Crippen LogP contribution is 2.47. The van der Waals surface area contributed by atoms with Gasteiger partial charge in [-0.3, -0.25) is 9.79 Å². The molecule has 3 nitrogen and oxygen atoms in total. The molecule has 3 aliphatic rings. The van der Waals surface area contributed by atoms with Crippen LogP contribution in [0.25, 0.3) is 0 Å². The third-order valence-electron chi connectivity index (χ3n) is 5.26. The number of carbonyl (C=O) groups is 1. The maximum absolute atomic E-state index is 12.4. The zero-order valence-electron chi connectivity index (χ0n) is 12.2. The first kappa shape index (κ1) is 13.4. The average molecular weight is 300 g/mol. The van der Waals surface area contributed by atoms with Crippen LogP contribution in [-0.4, -0.2) is 17.1 Å². The number of aliphatic imine (C=N–C) groups is 1. The van der Waals surface area contributed by atoms with Crippen molar-refractivity contribution in [3.63, 3.8) is 0 Å². The lowest BCUT2D eigenvalue weighted by Gasteiger charge is -2.19. The summed E-state index contributed by atoms with van der Waals surface area (Å²) in [5.41, 5.74) is 1.05. The standard InChI is InChI=1S/C17H20N2OS/c1-17(13-5-3-2-4-6-13)15(20)19-16(21-17)18-14-10-11-7-8-12(14)9-11/h2-6,11-12,14H,7-10H2,1H3,(H,18,19,20)/t11-,12+,14+,17?/m1/s1. The second-order valence-electron chi connectivity index (χ2n) is 6.63. The fourth-order valence-electron chi connectivity index (χ4n) is 4.01. The maximum Gasteiger partial charge on any atom is 0.246 e. The molecule has 4 atom stereocenters. The quantitative estimate of drug-likeness (QED) is 0.910. The van der Waals surface area contributed by atoms with Gasteiger partial charge in [-0.2, -0.15) is 0 Å². The summed E-state index contributed by atoms with van der Waals surface area (Å²) in [5, 5.41) is 3.83. The van der Waals surface area contributed by atoms with E-state index in [2.05, 4.69) is 5.32 Å². The van der Waals surface area contributed by atoms with Crippen molar-refractivity contribution in [1.29, 1.82) is 0 Å². The molecule has 0 spiro atoms. The molecule has 4 heteroatoms. The van der Waals surface area contributed by atoms with Crippen LogP contribution in [-0.2, 0) is 9.54 Å². The van der Waals surface area contributed by atoms with Gasteiger partial charge >= 0.3 is 0 Å². The van der Waals surface area contributed by atoms with Gasteiger partial charge in [0, 0.05) is 0 Å². The monoisotopic (exact) mass is 300 g/mol. The van der Waals surface area contributed by atoms with Crippen LogP contribution >= 0.6 is 11.8 Å². The maximum atomic E-state index is 12.4. The molecule has 1 aromatic rings. The normalized spacial score (nSPS) is 40.0. The molecule has 1 heterocycles. The molecule has 1 aliphatic heterocycles. The van der Waals surface area contributed by atoms with Gasteiger partial charge in [-0.15, -0.1) is 0 Å². The summed E-state index contributed by atoms with van der Waals surface area (Å²) in [4.78, 5) is 17.3. The highest BCUT2D eigenvalue weighted by atomic mass is 32.2. The van der Waals surface area contributed by atoms with Crippen molar-refractivity contribution in [3.8, 4) is 0 Å². The van der Waals surface area contributed by atoms with Crippen molar-refractivity contribution < 1.29 is 4.79 Å². The van der Waals surface area contributed by atoms with Crippen LogP contribution in [0.15, 0.2) is 35.3 Å². The highest BCUT2D eigenvalue weighted by Gasteiger charge is 2.45. The average Bonchev–Trinajstić information content (AvgIpc) is 3.16. The molecule has 1 saturated heterocycles. The van der Waals surface area contributed by atoms with Gasteiger partial charge in [-0.25, -0.2) is 0 Å². The largest absolute Gasteiger partial charge is 0.304 e. The molecule has 2 aliphatic carbocycles. The molecule has 1 unspecified atom stereocenters. The summed E-state index contributed by atoms with van der Waals surface area (Å²) in [6.45, 7) is 1.99. The molecular formula is C17H20N2OS. The first-order valence-corrected chi connectivity index (χ1v) is 8.60. The first-order chi connectivity index (χ1) is 10.1. The number of benzene rings is 1. The minimum Gasteiger partial charge on any atom is -0.304 e. The number of rotatable bonds is 2. The van der Waals surface area contributed by atoms with E-state index in [1.54, 1.807) is 11.8 Å². The Morgan fingerprint density at radius 3 is 2.71 bits per heavy atom. The molecule has 1 amide bonds. The van der Waals surface area contributed by atoms with E-state index in [1.807, 2.05) is 37.3 Å². The van der Waals surface area contributed by atoms with Gasteiger partial charge in [0.15, 0.2) is 5.17 Å². The summed E-state index contributed by atoms with van der Waals surface area (Å²) < 4.78 is -0.544. The van der Waals surface area contributed by atoms with Gasteiger partial charge in [0.2, 0.25) is 5.91 Å². The Bertz CT molecular complexity index is 600. The lowest BCUT2D eigenvalue weighted by molar-refractivity contribution is -0.121. The summed E-state index contributed by atoms with van der Waals surface area (Å²) in [6.07, 6.45) is 5.26. The van der Waals surface area contributed by atoms with Crippen LogP contribution in [0.2, 0.25) is 0 Å². The SMILES string of the molecule is CC1(c2ccccc2)SC(=N[C@H]2C[C@@H]3CC[C@H]2C3)NC1=O. The van der Waals surface area contributed by atoms with Crippen LogP contribution in [0.3, 0.4) is 0 Å². The van der Waals surface area contributed by atoms with Crippen LogP contribution in [0.5, 0.6) is 0 Å². The lowest BCUT2D eigenvalue weighted by atomic mass is 9.96. The molecule has 0 radical (unpaired) electrons. The predicted molar refractivity (Wildman–Crippen MR) is 86.2 cm³/mol. The zero-order chi connectivity index (χ0) is 14.4. The van der Waals surface area contributed by atoms with E-state index in [1.165, 1.54) is 25.7 Å². The van der Waals surface area contributed by atoms with Gasteiger partial charge in [0.25, 0.3) is 0 Å². The van der Waals surface area contributed by atoms with Crippen molar-refractivity contribution in [3.05, 3.63) is 35.9 Å². The number of fused-ring (bicyclic) bond motifs is 2. The van der Waals surface area contributed by atoms with E-state index < -0.39 is 4.75 Å². The molecule has 0 aromatic heterocycles. The third kappa shape index (κ3) is 2.20. The van der Waals surface area contributed by atoms with Crippen LogP contribution < -0.4 is 5.32 Å². The minimum atomic E-state index is -0.544. The molecule has 2 bridgehead atoms. The van der Waals surface area contributed by atoms with E-state index >= 15 is 0 Å². The smallest absolute Gasteiger partial charge is 0.246 e. The number of hydrogen-bond donors (Lipinski definition) is 1. The number of nitrogens with zero attached hydrogens (tertiary/aromatic N) is 1. The molecule has 2 saturated carbocycles. The summed E-state index contributed by atoms with van der Waals surface area (Å²) in [6, 6.07) is 10.4. The van der Waals surface area contributed by atoms with E-state index in [9.17, 15) is 4.79 Å². The fraction of sp³-hybridized carbons (Fsp3) is 0.529. The summed E-state index contributed by atoms with van der Waals surface area (Å²) in [5.74, 6) is 1.69. The first-order valence-electron chi connectivity index (χ1n) is 7.79. The van der Waals surface area contributed by atoms with Crippen LogP contribution in [0.1, 0.15) is 38.2 Å². The number of carbonyl (C=O) groups excluding carboxylic acids is 1. The van der Waals surface area contributed by atoms with E-state index in [-0.39, 0.29) is 5.91 Å². The van der Waals surface area contributed by atoms with Gasteiger partial charge in [0.1, 0.15) is 4.75 Å². The predicted octanol–water partition coefficient (Wildman–Crippen LogP) is 3.31. The van der Waals surface area contributed by atoms with Crippen molar-refractivity contribution in [1.82, 2.24) is 5.32 Å². The highest BCUT2D eigenvalue weighted by molar-refractivity contribution is 8.15. The van der Waals surface area contributed by atoms with Gasteiger partial charge < -0.3 is 5.32 Å². The van der Waals surface area contributed by atoms with E-state index in [0.29, 0.717) is 6.04 Å². The van der Waals surface area contributed by atoms with E-state index in [4.69, 9.17) is 4.99 Å². The van der Waals surface area contributed by atoms with Crippen molar-refractivity contribution in [2.45, 2.75) is 43.4 Å². The minimum absolute atomic E-state index is 0.0561. The van der Waals surface area contributed by atoms with Crippen molar-refractivity contribution >= 4 is 22.8 Å². The Kier molecular flexibility index (Phi) is 3.10. The topological polar surface area (TPSA) is 41.5 Å². The van der Waals surface area contributed by atoms with E-state index in [0.717, 1.165) is 22.6 Å². The molecule has 4 rings (SSSR count). The number of amidine groups is 1. The van der Waals surface area contributed by atoms with Gasteiger partial charge in [-0.1, -0.05) is 48.5 Å². The van der Waals surface area contributed by atoms with Crippen LogP contribution in [0.4, 0.5) is 0 Å².